The lowest BCUT2D eigenvalue weighted by molar-refractivity contribution is -0.137. The average molecular weight is 422 g/mol. The number of hydrogen-bond donors (Lipinski definition) is 1. The van der Waals surface area contributed by atoms with Gasteiger partial charge in [0.1, 0.15) is 5.60 Å². The molecule has 0 atom stereocenters. The van der Waals surface area contributed by atoms with Crippen molar-refractivity contribution in [3.63, 3.8) is 0 Å². The molecule has 1 heterocycles. The number of halogens is 1. The van der Waals surface area contributed by atoms with Crippen molar-refractivity contribution in [1.29, 1.82) is 0 Å². The van der Waals surface area contributed by atoms with Crippen molar-refractivity contribution in [2.75, 3.05) is 32.7 Å². The largest absolute Gasteiger partial charge is 0.444 e. The molecule has 8 heteroatoms. The molecular formula is C21H28ClN3O4. The molecule has 158 valence electrons. The molecule has 0 aliphatic carbocycles. The highest BCUT2D eigenvalue weighted by Gasteiger charge is 2.23. The number of nitrogens with one attached hydrogen (secondary N) is 1. The Hall–Kier alpha value is -2.54. The lowest BCUT2D eigenvalue weighted by atomic mass is 10.2. The summed E-state index contributed by atoms with van der Waals surface area (Å²) in [4.78, 5) is 39.6. The van der Waals surface area contributed by atoms with Crippen LogP contribution in [0.5, 0.6) is 0 Å². The summed E-state index contributed by atoms with van der Waals surface area (Å²) < 4.78 is 5.13. The molecule has 2 rings (SSSR count). The zero-order valence-electron chi connectivity index (χ0n) is 17.1. The number of carbonyl (C=O) groups excluding carboxylic acids is 3. The fourth-order valence-corrected chi connectivity index (χ4v) is 3.00. The molecular weight excluding hydrogens is 394 g/mol. The molecule has 1 N–H and O–H groups in total. The van der Waals surface area contributed by atoms with Gasteiger partial charge in [-0.3, -0.25) is 9.59 Å². The number of ether oxygens (including phenoxy) is 1. The van der Waals surface area contributed by atoms with E-state index in [1.54, 1.807) is 48.8 Å². The molecule has 0 aromatic heterocycles. The Morgan fingerprint density at radius 3 is 2.41 bits per heavy atom. The lowest BCUT2D eigenvalue weighted by Gasteiger charge is -2.34. The Morgan fingerprint density at radius 1 is 1.14 bits per heavy atom. The number of hydrogen-bond acceptors (Lipinski definition) is 4. The van der Waals surface area contributed by atoms with Crippen LogP contribution in [0.4, 0.5) is 4.79 Å². The SMILES string of the molecule is CC(C)(C)OC(=O)NCCC(=O)N1CCN(C(=O)/C=C/c2cccc(Cl)c2)CC1. The van der Waals surface area contributed by atoms with Gasteiger partial charge in [-0.2, -0.15) is 0 Å². The van der Waals surface area contributed by atoms with Crippen LogP contribution in [0.15, 0.2) is 30.3 Å². The van der Waals surface area contributed by atoms with E-state index in [0.717, 1.165) is 5.56 Å². The monoisotopic (exact) mass is 421 g/mol. The van der Waals surface area contributed by atoms with E-state index < -0.39 is 11.7 Å². The number of benzene rings is 1. The normalized spacial score (nSPS) is 14.8. The number of nitrogens with zero attached hydrogens (tertiary/aromatic N) is 2. The van der Waals surface area contributed by atoms with Crippen molar-refractivity contribution in [1.82, 2.24) is 15.1 Å². The van der Waals surface area contributed by atoms with Gasteiger partial charge in [-0.05, 0) is 44.5 Å². The van der Waals surface area contributed by atoms with Crippen molar-refractivity contribution in [3.8, 4) is 0 Å². The summed E-state index contributed by atoms with van der Waals surface area (Å²) in [5.74, 6) is -0.147. The molecule has 3 amide bonds. The van der Waals surface area contributed by atoms with E-state index in [1.807, 2.05) is 12.1 Å². The van der Waals surface area contributed by atoms with Gasteiger partial charge in [-0.15, -0.1) is 0 Å². The number of rotatable bonds is 5. The summed E-state index contributed by atoms with van der Waals surface area (Å²) in [6, 6.07) is 7.26. The van der Waals surface area contributed by atoms with Crippen LogP contribution in [0.25, 0.3) is 6.08 Å². The maximum atomic E-state index is 12.3. The van der Waals surface area contributed by atoms with Crippen LogP contribution in [-0.4, -0.2) is 66.0 Å². The summed E-state index contributed by atoms with van der Waals surface area (Å²) in [5, 5.41) is 3.20. The average Bonchev–Trinajstić information content (AvgIpc) is 2.65. The third kappa shape index (κ3) is 8.15. The van der Waals surface area contributed by atoms with Crippen molar-refractivity contribution in [2.45, 2.75) is 32.8 Å². The first-order valence-corrected chi connectivity index (χ1v) is 9.99. The second kappa shape index (κ2) is 10.3. The molecule has 1 aromatic carbocycles. The molecule has 1 aliphatic rings. The van der Waals surface area contributed by atoms with Crippen molar-refractivity contribution >= 4 is 35.6 Å². The van der Waals surface area contributed by atoms with E-state index in [1.165, 1.54) is 6.08 Å². The Kier molecular flexibility index (Phi) is 8.08. The summed E-state index contributed by atoms with van der Waals surface area (Å²) in [5.41, 5.74) is 0.287. The minimum absolute atomic E-state index is 0.0531. The van der Waals surface area contributed by atoms with Crippen LogP contribution in [-0.2, 0) is 14.3 Å². The Bertz CT molecular complexity index is 765. The van der Waals surface area contributed by atoms with Gasteiger partial charge in [0.15, 0.2) is 0 Å². The molecule has 7 nitrogen and oxygen atoms in total. The zero-order chi connectivity index (χ0) is 21.4. The molecule has 0 unspecified atom stereocenters. The van der Waals surface area contributed by atoms with E-state index in [0.29, 0.717) is 31.2 Å². The molecule has 0 spiro atoms. The third-order valence-corrected chi connectivity index (χ3v) is 4.45. The van der Waals surface area contributed by atoms with E-state index in [9.17, 15) is 14.4 Å². The fraction of sp³-hybridized carbons (Fsp3) is 0.476. The maximum absolute atomic E-state index is 12.3. The van der Waals surface area contributed by atoms with Gasteiger partial charge in [0.05, 0.1) is 0 Å². The summed E-state index contributed by atoms with van der Waals surface area (Å²) in [6.45, 7) is 7.46. The fourth-order valence-electron chi connectivity index (χ4n) is 2.80. The summed E-state index contributed by atoms with van der Waals surface area (Å²) in [7, 11) is 0. The number of amides is 3. The molecule has 1 aliphatic heterocycles. The maximum Gasteiger partial charge on any atom is 0.407 e. The number of piperazine rings is 1. The lowest BCUT2D eigenvalue weighted by Crippen LogP contribution is -2.50. The highest BCUT2D eigenvalue weighted by molar-refractivity contribution is 6.30. The molecule has 1 fully saturated rings. The first-order chi connectivity index (χ1) is 13.6. The first-order valence-electron chi connectivity index (χ1n) is 9.61. The minimum atomic E-state index is -0.571. The predicted octanol–water partition coefficient (Wildman–Crippen LogP) is 2.94. The summed E-state index contributed by atoms with van der Waals surface area (Å²) in [6.07, 6.45) is 2.91. The minimum Gasteiger partial charge on any atom is -0.444 e. The van der Waals surface area contributed by atoms with Gasteiger partial charge in [-0.1, -0.05) is 23.7 Å². The molecule has 0 radical (unpaired) electrons. The van der Waals surface area contributed by atoms with Crippen LogP contribution >= 0.6 is 11.6 Å². The third-order valence-electron chi connectivity index (χ3n) is 4.22. The van der Waals surface area contributed by atoms with E-state index in [-0.39, 0.29) is 24.8 Å². The van der Waals surface area contributed by atoms with Gasteiger partial charge >= 0.3 is 6.09 Å². The van der Waals surface area contributed by atoms with Crippen molar-refractivity contribution < 1.29 is 19.1 Å². The quantitative estimate of drug-likeness (QED) is 0.741. The van der Waals surface area contributed by atoms with Crippen molar-refractivity contribution in [2.24, 2.45) is 0 Å². The van der Waals surface area contributed by atoms with Gasteiger partial charge in [0.25, 0.3) is 0 Å². The standard InChI is InChI=1S/C21H28ClN3O4/c1-21(2,3)29-20(28)23-10-9-19(27)25-13-11-24(12-14-25)18(26)8-7-16-5-4-6-17(22)15-16/h4-8,15H,9-14H2,1-3H3,(H,23,28)/b8-7+. The molecule has 1 saturated heterocycles. The van der Waals surface area contributed by atoms with Gasteiger partial charge < -0.3 is 19.9 Å². The molecule has 0 bridgehead atoms. The summed E-state index contributed by atoms with van der Waals surface area (Å²) >= 11 is 5.94. The topological polar surface area (TPSA) is 79.0 Å². The van der Waals surface area contributed by atoms with Crippen LogP contribution in [0.3, 0.4) is 0 Å². The van der Waals surface area contributed by atoms with Gasteiger partial charge in [-0.25, -0.2) is 4.79 Å². The first kappa shape index (κ1) is 22.7. The Labute approximate surface area is 176 Å². The van der Waals surface area contributed by atoms with Crippen LogP contribution in [0, 0.1) is 0 Å². The Balaban J connectivity index is 1.71. The van der Waals surface area contributed by atoms with Crippen molar-refractivity contribution in [3.05, 3.63) is 40.9 Å². The second-order valence-electron chi connectivity index (χ2n) is 7.77. The van der Waals surface area contributed by atoms with E-state index in [2.05, 4.69) is 5.32 Å². The number of carbonyl (C=O) groups is 3. The highest BCUT2D eigenvalue weighted by Crippen LogP contribution is 2.12. The molecule has 0 saturated carbocycles. The van der Waals surface area contributed by atoms with E-state index in [4.69, 9.17) is 16.3 Å². The molecule has 29 heavy (non-hydrogen) atoms. The number of alkyl carbamates (subject to hydrolysis) is 1. The van der Waals surface area contributed by atoms with Crippen LogP contribution in [0.1, 0.15) is 32.8 Å². The van der Waals surface area contributed by atoms with Crippen LogP contribution < -0.4 is 5.32 Å². The van der Waals surface area contributed by atoms with Gasteiger partial charge in [0.2, 0.25) is 11.8 Å². The predicted molar refractivity (Wildman–Crippen MR) is 112 cm³/mol. The zero-order valence-corrected chi connectivity index (χ0v) is 17.9. The Morgan fingerprint density at radius 2 is 1.79 bits per heavy atom. The second-order valence-corrected chi connectivity index (χ2v) is 8.21. The van der Waals surface area contributed by atoms with Crippen LogP contribution in [0.2, 0.25) is 5.02 Å². The van der Waals surface area contributed by atoms with Gasteiger partial charge in [0, 0.05) is 50.2 Å². The smallest absolute Gasteiger partial charge is 0.407 e. The highest BCUT2D eigenvalue weighted by atomic mass is 35.5. The van der Waals surface area contributed by atoms with E-state index >= 15 is 0 Å². The molecule has 1 aromatic rings.